The summed E-state index contributed by atoms with van der Waals surface area (Å²) in [7, 11) is 0. The van der Waals surface area contributed by atoms with Gasteiger partial charge >= 0.3 is 0 Å². The third kappa shape index (κ3) is 1.64. The van der Waals surface area contributed by atoms with E-state index in [0.29, 0.717) is 22.9 Å². The molecule has 0 saturated heterocycles. The molecule has 0 radical (unpaired) electrons. The predicted molar refractivity (Wildman–Crippen MR) is 74.6 cm³/mol. The number of aromatic nitrogens is 4. The van der Waals surface area contributed by atoms with Crippen molar-refractivity contribution in [3.63, 3.8) is 0 Å². The minimum Gasteiger partial charge on any atom is -0.339 e. The Morgan fingerprint density at radius 3 is 2.90 bits per heavy atom. The van der Waals surface area contributed by atoms with Crippen molar-refractivity contribution in [3.05, 3.63) is 54.8 Å². The number of nitrogens with one attached hydrogen (secondary N) is 1. The molecule has 0 fully saturated rings. The lowest BCUT2D eigenvalue weighted by Gasteiger charge is -2.00. The van der Waals surface area contributed by atoms with Gasteiger partial charge < -0.3 is 4.98 Å². The van der Waals surface area contributed by atoms with E-state index in [0.717, 1.165) is 16.3 Å². The molecule has 20 heavy (non-hydrogen) atoms. The van der Waals surface area contributed by atoms with Crippen molar-refractivity contribution in [2.75, 3.05) is 0 Å². The molecule has 0 aromatic carbocycles. The summed E-state index contributed by atoms with van der Waals surface area (Å²) in [5.74, 6) is -0.518. The molecule has 0 unspecified atom stereocenters. The fourth-order valence-corrected chi connectivity index (χ4v) is 2.24. The quantitative estimate of drug-likeness (QED) is 0.537. The molecule has 0 aliphatic rings. The van der Waals surface area contributed by atoms with E-state index in [1.54, 1.807) is 12.3 Å². The lowest BCUT2D eigenvalue weighted by molar-refractivity contribution is 0.584. The maximum atomic E-state index is 12.9. The Morgan fingerprint density at radius 1 is 1.10 bits per heavy atom. The first-order chi connectivity index (χ1) is 10.2. The van der Waals surface area contributed by atoms with Gasteiger partial charge in [-0.3, -0.25) is 4.98 Å². The highest BCUT2D eigenvalue weighted by Gasteiger charge is 2.07. The fraction of sp³-hybridized carbons (Fsp3) is 0. The average Bonchev–Trinajstić information content (AvgIpc) is 2.87. The monoisotopic (exact) mass is 265 g/mol. The van der Waals surface area contributed by atoms with Crippen LogP contribution in [0.5, 0.6) is 0 Å². The van der Waals surface area contributed by atoms with E-state index in [-0.39, 0.29) is 0 Å². The Balaban J connectivity index is 1.96. The number of hydrogen-bond acceptors (Lipinski definition) is 3. The van der Waals surface area contributed by atoms with E-state index < -0.39 is 5.95 Å². The number of aromatic amines is 1. The lowest BCUT2D eigenvalue weighted by atomic mass is 10.1. The van der Waals surface area contributed by atoms with Crippen LogP contribution < -0.4 is 0 Å². The van der Waals surface area contributed by atoms with Gasteiger partial charge in [0.05, 0.1) is 12.6 Å². The second-order valence-corrected chi connectivity index (χ2v) is 4.43. The molecule has 4 aromatic heterocycles. The van der Waals surface area contributed by atoms with Gasteiger partial charge in [-0.2, -0.15) is 4.39 Å². The summed E-state index contributed by atoms with van der Waals surface area (Å²) in [4.78, 5) is 15.3. The van der Waals surface area contributed by atoms with Crippen LogP contribution in [-0.4, -0.2) is 19.9 Å². The van der Waals surface area contributed by atoms with Crippen molar-refractivity contribution in [2.24, 2.45) is 0 Å². The molecule has 4 aromatic rings. The number of hydrogen-bond donors (Lipinski definition) is 1. The molecule has 0 atom stereocenters. The van der Waals surface area contributed by atoms with Crippen LogP contribution in [0.25, 0.3) is 33.2 Å². The van der Waals surface area contributed by atoms with Gasteiger partial charge in [0.2, 0.25) is 5.95 Å². The third-order valence-corrected chi connectivity index (χ3v) is 3.21. The molecule has 0 spiro atoms. The minimum absolute atomic E-state index is 0.329. The van der Waals surface area contributed by atoms with Crippen molar-refractivity contribution < 1.29 is 5.76 Å². The maximum Gasteiger partial charge on any atom is 0.212 e. The van der Waals surface area contributed by atoms with Crippen LogP contribution in [0.15, 0.2) is 48.9 Å². The molecule has 4 heterocycles. The highest BCUT2D eigenvalue weighted by molar-refractivity contribution is 6.05. The Kier molecular flexibility index (Phi) is 2.05. The topological polar surface area (TPSA) is 54.5 Å². The van der Waals surface area contributed by atoms with Crippen LogP contribution in [0.1, 0.15) is 1.37 Å². The van der Waals surface area contributed by atoms with Gasteiger partial charge in [-0.05, 0) is 30.3 Å². The van der Waals surface area contributed by atoms with E-state index in [2.05, 4.69) is 19.9 Å². The molecule has 4 rings (SSSR count). The molecule has 1 N–H and O–H groups in total. The summed E-state index contributed by atoms with van der Waals surface area (Å²) in [5, 5.41) is 1.78. The van der Waals surface area contributed by atoms with Gasteiger partial charge in [0, 0.05) is 34.9 Å². The fourth-order valence-electron chi connectivity index (χ4n) is 2.24. The molecular weight excluding hydrogens is 255 g/mol. The Morgan fingerprint density at radius 2 is 2.05 bits per heavy atom. The zero-order valence-electron chi connectivity index (χ0n) is 11.3. The number of nitrogens with zero attached hydrogens (tertiary/aromatic N) is 3. The molecule has 0 aliphatic heterocycles. The third-order valence-electron chi connectivity index (χ3n) is 3.21. The standard InChI is InChI=1S/C15H9FN4/c16-14-4-1-9(7-18-14)12-3-2-10-11-8-17-6-5-13(11)20-15(10)19-12/h1-8H,(H,19,20)/i5D. The van der Waals surface area contributed by atoms with Gasteiger partial charge in [-0.25, -0.2) is 9.97 Å². The first-order valence-corrected chi connectivity index (χ1v) is 6.07. The summed E-state index contributed by atoms with van der Waals surface area (Å²) >= 11 is 0. The van der Waals surface area contributed by atoms with Crippen molar-refractivity contribution in [1.82, 2.24) is 19.9 Å². The number of pyridine rings is 3. The highest BCUT2D eigenvalue weighted by atomic mass is 19.1. The average molecular weight is 265 g/mol. The summed E-state index contributed by atoms with van der Waals surface area (Å²) in [6, 6.07) is 7.03. The van der Waals surface area contributed by atoms with Gasteiger partial charge in [0.15, 0.2) is 0 Å². The zero-order chi connectivity index (χ0) is 14.4. The van der Waals surface area contributed by atoms with Crippen molar-refractivity contribution >= 4 is 21.9 Å². The van der Waals surface area contributed by atoms with Crippen molar-refractivity contribution in [3.8, 4) is 11.3 Å². The molecule has 4 nitrogen and oxygen atoms in total. The van der Waals surface area contributed by atoms with E-state index in [4.69, 9.17) is 1.37 Å². The van der Waals surface area contributed by atoms with Gasteiger partial charge in [-0.15, -0.1) is 0 Å². The van der Waals surface area contributed by atoms with Crippen molar-refractivity contribution in [2.45, 2.75) is 0 Å². The molecule has 5 heteroatoms. The predicted octanol–water partition coefficient (Wildman–Crippen LogP) is 3.31. The summed E-state index contributed by atoms with van der Waals surface area (Å²) in [6.07, 6.45) is 4.65. The van der Waals surface area contributed by atoms with E-state index in [9.17, 15) is 4.39 Å². The molecule has 0 aliphatic carbocycles. The normalized spacial score (nSPS) is 11.9. The summed E-state index contributed by atoms with van der Waals surface area (Å²) in [6.45, 7) is 0. The largest absolute Gasteiger partial charge is 0.339 e. The van der Waals surface area contributed by atoms with Crippen LogP contribution in [0, 0.1) is 5.95 Å². The molecule has 96 valence electrons. The van der Waals surface area contributed by atoms with E-state index >= 15 is 0 Å². The van der Waals surface area contributed by atoms with Crippen molar-refractivity contribution in [1.29, 1.82) is 0 Å². The lowest BCUT2D eigenvalue weighted by Crippen LogP contribution is -1.87. The van der Waals surface area contributed by atoms with Crippen LogP contribution in [0.2, 0.25) is 0 Å². The number of halogens is 1. The van der Waals surface area contributed by atoms with Crippen LogP contribution >= 0.6 is 0 Å². The minimum atomic E-state index is -0.518. The molecule has 0 saturated carbocycles. The second kappa shape index (κ2) is 4.09. The Hall–Kier alpha value is -2.82. The Labute approximate surface area is 114 Å². The first kappa shape index (κ1) is 10.0. The second-order valence-electron chi connectivity index (χ2n) is 4.43. The number of fused-ring (bicyclic) bond motifs is 3. The summed E-state index contributed by atoms with van der Waals surface area (Å²) < 4.78 is 20.7. The van der Waals surface area contributed by atoms with E-state index in [1.165, 1.54) is 18.5 Å². The molecule has 0 amide bonds. The van der Waals surface area contributed by atoms with Crippen LogP contribution in [0.3, 0.4) is 0 Å². The maximum absolute atomic E-state index is 12.9. The van der Waals surface area contributed by atoms with Gasteiger partial charge in [-0.1, -0.05) is 0 Å². The Bertz CT molecular complexity index is 963. The van der Waals surface area contributed by atoms with Gasteiger partial charge in [0.25, 0.3) is 0 Å². The highest BCUT2D eigenvalue weighted by Crippen LogP contribution is 2.26. The zero-order valence-corrected chi connectivity index (χ0v) is 10.3. The number of rotatable bonds is 1. The smallest absolute Gasteiger partial charge is 0.212 e. The van der Waals surface area contributed by atoms with E-state index in [1.807, 2.05) is 12.1 Å². The SMILES string of the molecule is [2H]c1cncc2c1[nH]c1nc(-c3ccc(F)nc3)ccc12. The first-order valence-electron chi connectivity index (χ1n) is 6.57. The van der Waals surface area contributed by atoms with Crippen LogP contribution in [-0.2, 0) is 0 Å². The van der Waals surface area contributed by atoms with Gasteiger partial charge in [0.1, 0.15) is 5.65 Å². The molecular formula is C15H9FN4. The van der Waals surface area contributed by atoms with Crippen LogP contribution in [0.4, 0.5) is 4.39 Å². The summed E-state index contributed by atoms with van der Waals surface area (Å²) in [5.41, 5.74) is 2.82. The number of H-pyrrole nitrogens is 1. The molecule has 0 bridgehead atoms.